The molecule has 0 bridgehead atoms. The number of rotatable bonds is 3. The van der Waals surface area contributed by atoms with Gasteiger partial charge in [0.25, 0.3) is 0 Å². The maximum Gasteiger partial charge on any atom is 0.0346 e. The molecule has 2 heteroatoms. The molecule has 0 unspecified atom stereocenters. The highest BCUT2D eigenvalue weighted by Gasteiger charge is 2.00. The molecule has 0 radical (unpaired) electrons. The van der Waals surface area contributed by atoms with Gasteiger partial charge in [-0.1, -0.05) is 32.0 Å². The minimum Gasteiger partial charge on any atom is -0.310 e. The molecule has 0 aliphatic heterocycles. The Labute approximate surface area is 90.3 Å². The molecular weight excluding hydrogens is 184 g/mol. The summed E-state index contributed by atoms with van der Waals surface area (Å²) in [6.45, 7) is 5.23. The van der Waals surface area contributed by atoms with Gasteiger partial charge >= 0.3 is 0 Å². The Kier molecular flexibility index (Phi) is 2.97. The molecule has 0 aliphatic carbocycles. The zero-order valence-corrected chi connectivity index (χ0v) is 9.20. The van der Waals surface area contributed by atoms with Crippen LogP contribution in [0.3, 0.4) is 0 Å². The van der Waals surface area contributed by atoms with Crippen LogP contribution in [-0.2, 0) is 6.54 Å². The van der Waals surface area contributed by atoms with Crippen LogP contribution in [0.4, 0.5) is 0 Å². The minimum atomic E-state index is 0.516. The van der Waals surface area contributed by atoms with Gasteiger partial charge in [0.1, 0.15) is 0 Å². The van der Waals surface area contributed by atoms with Crippen LogP contribution in [-0.4, -0.2) is 11.0 Å². The first-order chi connectivity index (χ1) is 7.27. The van der Waals surface area contributed by atoms with Crippen molar-refractivity contribution in [3.8, 4) is 0 Å². The van der Waals surface area contributed by atoms with Crippen molar-refractivity contribution in [1.29, 1.82) is 0 Å². The van der Waals surface area contributed by atoms with E-state index in [1.165, 1.54) is 16.3 Å². The summed E-state index contributed by atoms with van der Waals surface area (Å²) in [4.78, 5) is 4.13. The zero-order chi connectivity index (χ0) is 10.7. The van der Waals surface area contributed by atoms with E-state index >= 15 is 0 Å². The van der Waals surface area contributed by atoms with Gasteiger partial charge in [-0.2, -0.15) is 0 Å². The Morgan fingerprint density at radius 3 is 2.93 bits per heavy atom. The van der Waals surface area contributed by atoms with E-state index in [4.69, 9.17) is 0 Å². The van der Waals surface area contributed by atoms with E-state index in [1.807, 2.05) is 12.4 Å². The summed E-state index contributed by atoms with van der Waals surface area (Å²) in [6, 6.07) is 8.94. The molecule has 0 fully saturated rings. The summed E-state index contributed by atoms with van der Waals surface area (Å²) < 4.78 is 0. The van der Waals surface area contributed by atoms with Gasteiger partial charge in [0, 0.05) is 30.4 Å². The van der Waals surface area contributed by atoms with Crippen molar-refractivity contribution in [2.45, 2.75) is 26.4 Å². The summed E-state index contributed by atoms with van der Waals surface area (Å²) in [5.74, 6) is 0. The molecule has 0 amide bonds. The lowest BCUT2D eigenvalue weighted by Crippen LogP contribution is -2.21. The largest absolute Gasteiger partial charge is 0.310 e. The Bertz CT molecular complexity index is 444. The summed E-state index contributed by atoms with van der Waals surface area (Å²) in [5, 5.41) is 5.93. The van der Waals surface area contributed by atoms with E-state index in [-0.39, 0.29) is 0 Å². The molecule has 78 valence electrons. The Hall–Kier alpha value is -1.41. The smallest absolute Gasteiger partial charge is 0.0346 e. The molecule has 0 saturated carbocycles. The van der Waals surface area contributed by atoms with Crippen LogP contribution in [0.2, 0.25) is 0 Å². The number of nitrogens with one attached hydrogen (secondary N) is 1. The lowest BCUT2D eigenvalue weighted by Gasteiger charge is -2.10. The van der Waals surface area contributed by atoms with E-state index in [2.05, 4.69) is 48.4 Å². The molecule has 0 atom stereocenters. The van der Waals surface area contributed by atoms with Crippen LogP contribution in [0.5, 0.6) is 0 Å². The standard InChI is InChI=1S/C13H16N2/c1-10(2)15-9-12-5-3-4-11-8-14-7-6-13(11)12/h3-8,10,15H,9H2,1-2H3. The molecule has 0 aliphatic rings. The SMILES string of the molecule is CC(C)NCc1cccc2cnccc12. The van der Waals surface area contributed by atoms with Gasteiger partial charge < -0.3 is 5.32 Å². The van der Waals surface area contributed by atoms with E-state index in [1.54, 1.807) is 0 Å². The van der Waals surface area contributed by atoms with Gasteiger partial charge in [0.15, 0.2) is 0 Å². The van der Waals surface area contributed by atoms with Crippen molar-refractivity contribution in [2.24, 2.45) is 0 Å². The summed E-state index contributed by atoms with van der Waals surface area (Å²) in [7, 11) is 0. The van der Waals surface area contributed by atoms with Crippen molar-refractivity contribution in [3.05, 3.63) is 42.2 Å². The van der Waals surface area contributed by atoms with E-state index in [0.717, 1.165) is 6.54 Å². The number of fused-ring (bicyclic) bond motifs is 1. The first-order valence-electron chi connectivity index (χ1n) is 5.32. The van der Waals surface area contributed by atoms with Crippen molar-refractivity contribution >= 4 is 10.8 Å². The Balaban J connectivity index is 2.34. The normalized spacial score (nSPS) is 11.1. The summed E-state index contributed by atoms with van der Waals surface area (Å²) in [6.07, 6.45) is 3.76. The van der Waals surface area contributed by atoms with Gasteiger partial charge in [0.2, 0.25) is 0 Å². The molecule has 1 heterocycles. The number of aromatic nitrogens is 1. The highest BCUT2D eigenvalue weighted by Crippen LogP contribution is 2.17. The molecule has 1 N–H and O–H groups in total. The topological polar surface area (TPSA) is 24.9 Å². The second-order valence-corrected chi connectivity index (χ2v) is 4.05. The number of hydrogen-bond acceptors (Lipinski definition) is 2. The van der Waals surface area contributed by atoms with Crippen LogP contribution in [0.25, 0.3) is 10.8 Å². The summed E-state index contributed by atoms with van der Waals surface area (Å²) >= 11 is 0. The van der Waals surface area contributed by atoms with Crippen LogP contribution in [0, 0.1) is 0 Å². The molecule has 2 rings (SSSR count). The fourth-order valence-electron chi connectivity index (χ4n) is 1.66. The molecule has 0 spiro atoms. The summed E-state index contributed by atoms with van der Waals surface area (Å²) in [5.41, 5.74) is 1.34. The third-order valence-electron chi connectivity index (χ3n) is 2.47. The van der Waals surface area contributed by atoms with Crippen LogP contribution >= 0.6 is 0 Å². The van der Waals surface area contributed by atoms with Crippen LogP contribution < -0.4 is 5.32 Å². The first-order valence-corrected chi connectivity index (χ1v) is 5.32. The average molecular weight is 200 g/mol. The van der Waals surface area contributed by atoms with E-state index in [9.17, 15) is 0 Å². The Morgan fingerprint density at radius 2 is 2.13 bits per heavy atom. The lowest BCUT2D eigenvalue weighted by molar-refractivity contribution is 0.590. The highest BCUT2D eigenvalue weighted by atomic mass is 14.9. The van der Waals surface area contributed by atoms with Gasteiger partial charge in [-0.05, 0) is 17.0 Å². The second kappa shape index (κ2) is 4.41. The predicted molar refractivity (Wildman–Crippen MR) is 63.7 cm³/mol. The van der Waals surface area contributed by atoms with E-state index in [0.29, 0.717) is 6.04 Å². The van der Waals surface area contributed by atoms with Crippen molar-refractivity contribution in [3.63, 3.8) is 0 Å². The monoisotopic (exact) mass is 200 g/mol. The fraction of sp³-hybridized carbons (Fsp3) is 0.308. The number of pyridine rings is 1. The maximum absolute atomic E-state index is 4.13. The first kappa shape index (κ1) is 10.1. The Morgan fingerprint density at radius 1 is 1.27 bits per heavy atom. The number of benzene rings is 1. The number of nitrogens with zero attached hydrogens (tertiary/aromatic N) is 1. The number of hydrogen-bond donors (Lipinski definition) is 1. The zero-order valence-electron chi connectivity index (χ0n) is 9.20. The molecule has 0 saturated heterocycles. The maximum atomic E-state index is 4.13. The molecule has 2 nitrogen and oxygen atoms in total. The van der Waals surface area contributed by atoms with Gasteiger partial charge in [-0.3, -0.25) is 4.98 Å². The average Bonchev–Trinajstić information content (AvgIpc) is 2.26. The van der Waals surface area contributed by atoms with Crippen molar-refractivity contribution < 1.29 is 0 Å². The molecule has 1 aromatic carbocycles. The van der Waals surface area contributed by atoms with Crippen LogP contribution in [0.1, 0.15) is 19.4 Å². The third kappa shape index (κ3) is 2.34. The second-order valence-electron chi connectivity index (χ2n) is 4.05. The van der Waals surface area contributed by atoms with E-state index < -0.39 is 0 Å². The highest BCUT2D eigenvalue weighted by molar-refractivity contribution is 5.84. The molecular formula is C13H16N2. The van der Waals surface area contributed by atoms with Crippen LogP contribution in [0.15, 0.2) is 36.7 Å². The minimum absolute atomic E-state index is 0.516. The van der Waals surface area contributed by atoms with Crippen molar-refractivity contribution in [2.75, 3.05) is 0 Å². The quantitative estimate of drug-likeness (QED) is 0.824. The molecule has 2 aromatic rings. The predicted octanol–water partition coefficient (Wildman–Crippen LogP) is 2.73. The molecule has 1 aromatic heterocycles. The molecule has 15 heavy (non-hydrogen) atoms. The van der Waals surface area contributed by atoms with Crippen molar-refractivity contribution in [1.82, 2.24) is 10.3 Å². The van der Waals surface area contributed by atoms with Gasteiger partial charge in [0.05, 0.1) is 0 Å². The lowest BCUT2D eigenvalue weighted by atomic mass is 10.1. The van der Waals surface area contributed by atoms with Gasteiger partial charge in [-0.15, -0.1) is 0 Å². The van der Waals surface area contributed by atoms with Gasteiger partial charge in [-0.25, -0.2) is 0 Å². The fourth-order valence-corrected chi connectivity index (χ4v) is 1.66. The third-order valence-corrected chi connectivity index (χ3v) is 2.47.